The quantitative estimate of drug-likeness (QED) is 0.827. The molecule has 96 valence electrons. The van der Waals surface area contributed by atoms with Crippen LogP contribution in [-0.2, 0) is 6.18 Å². The lowest BCUT2D eigenvalue weighted by atomic mass is 10.1. The van der Waals surface area contributed by atoms with E-state index < -0.39 is 11.7 Å². The summed E-state index contributed by atoms with van der Waals surface area (Å²) in [5.74, 6) is 0. The van der Waals surface area contributed by atoms with Gasteiger partial charge in [-0.05, 0) is 12.1 Å². The van der Waals surface area contributed by atoms with Crippen LogP contribution in [0.3, 0.4) is 0 Å². The summed E-state index contributed by atoms with van der Waals surface area (Å²) in [7, 11) is 0. The molecule has 0 aliphatic rings. The Morgan fingerprint density at radius 3 is 2.11 bits per heavy atom. The van der Waals surface area contributed by atoms with E-state index in [1.165, 1.54) is 0 Å². The fourth-order valence-corrected chi connectivity index (χ4v) is 2.62. The number of alkyl halides is 3. The molecule has 8 heteroatoms. The summed E-state index contributed by atoms with van der Waals surface area (Å²) in [6.07, 6.45) is -4.49. The van der Waals surface area contributed by atoms with Gasteiger partial charge < -0.3 is 5.73 Å². The number of thiazole rings is 1. The first-order valence-corrected chi connectivity index (χ1v) is 6.20. The maximum atomic E-state index is 12.5. The van der Waals surface area contributed by atoms with Crippen molar-refractivity contribution in [1.29, 1.82) is 0 Å². The molecule has 0 saturated heterocycles. The fraction of sp³-hybridized carbons (Fsp3) is 0.100. The predicted octanol–water partition coefficient (Wildman–Crippen LogP) is 4.72. The normalized spacial score (nSPS) is 11.8. The fourth-order valence-electron chi connectivity index (χ4n) is 1.38. The second-order valence-electron chi connectivity index (χ2n) is 3.38. The molecule has 1 aromatic carbocycles. The Balaban J connectivity index is 2.58. The van der Waals surface area contributed by atoms with Gasteiger partial charge in [0.2, 0.25) is 0 Å². The van der Waals surface area contributed by atoms with Gasteiger partial charge in [-0.3, -0.25) is 0 Å². The van der Waals surface area contributed by atoms with Gasteiger partial charge in [-0.15, -0.1) is 11.3 Å². The first kappa shape index (κ1) is 13.5. The van der Waals surface area contributed by atoms with Crippen LogP contribution >= 0.6 is 34.5 Å². The molecule has 0 atom stereocenters. The molecule has 0 bridgehead atoms. The molecule has 0 fully saturated rings. The number of halogens is 5. The molecular weight excluding hydrogens is 308 g/mol. The van der Waals surface area contributed by atoms with E-state index in [2.05, 4.69) is 4.98 Å². The van der Waals surface area contributed by atoms with Gasteiger partial charge in [0.1, 0.15) is 0 Å². The monoisotopic (exact) mass is 312 g/mol. The smallest absolute Gasteiger partial charge is 0.375 e. The van der Waals surface area contributed by atoms with Crippen molar-refractivity contribution in [3.8, 4) is 11.3 Å². The zero-order chi connectivity index (χ0) is 13.5. The Morgan fingerprint density at radius 2 is 1.72 bits per heavy atom. The van der Waals surface area contributed by atoms with Gasteiger partial charge in [0, 0.05) is 10.9 Å². The number of aromatic nitrogens is 1. The van der Waals surface area contributed by atoms with E-state index in [0.29, 0.717) is 5.69 Å². The van der Waals surface area contributed by atoms with Gasteiger partial charge >= 0.3 is 6.18 Å². The summed E-state index contributed by atoms with van der Waals surface area (Å²) in [6, 6.07) is 1.64. The minimum atomic E-state index is -4.49. The Hall–Kier alpha value is -0.980. The van der Waals surface area contributed by atoms with Crippen LogP contribution in [0.5, 0.6) is 0 Å². The minimum absolute atomic E-state index is 0.111. The third-order valence-corrected chi connectivity index (χ3v) is 3.42. The molecule has 2 N–H and O–H groups in total. The molecule has 2 aromatic rings. The molecule has 0 aliphatic heterocycles. The van der Waals surface area contributed by atoms with Gasteiger partial charge in [-0.2, -0.15) is 13.2 Å². The highest BCUT2D eigenvalue weighted by molar-refractivity contribution is 7.13. The highest BCUT2D eigenvalue weighted by Gasteiger charge is 2.32. The molecule has 0 saturated carbocycles. The Labute approximate surface area is 114 Å². The molecule has 0 unspecified atom stereocenters. The summed E-state index contributed by atoms with van der Waals surface area (Å²) in [5, 5.41) is 1.65. The Bertz CT molecular complexity index is 572. The largest absolute Gasteiger partial charge is 0.416 e. The van der Waals surface area contributed by atoms with Crippen molar-refractivity contribution in [1.82, 2.24) is 4.98 Å². The van der Waals surface area contributed by atoms with Crippen molar-refractivity contribution in [2.24, 2.45) is 0 Å². The van der Waals surface area contributed by atoms with E-state index in [-0.39, 0.29) is 20.7 Å². The molecule has 2 nitrogen and oxygen atoms in total. The van der Waals surface area contributed by atoms with E-state index >= 15 is 0 Å². The zero-order valence-electron chi connectivity index (χ0n) is 8.55. The van der Waals surface area contributed by atoms with Crippen LogP contribution in [0, 0.1) is 0 Å². The molecule has 0 aliphatic carbocycles. The molecule has 0 spiro atoms. The number of anilines is 1. The second kappa shape index (κ2) is 4.60. The van der Waals surface area contributed by atoms with Crippen molar-refractivity contribution < 1.29 is 13.2 Å². The lowest BCUT2D eigenvalue weighted by Crippen LogP contribution is -2.05. The van der Waals surface area contributed by atoms with Crippen LogP contribution < -0.4 is 5.73 Å². The molecular formula is C10H5Cl2F3N2S. The molecule has 0 amide bonds. The first-order valence-electron chi connectivity index (χ1n) is 4.56. The van der Waals surface area contributed by atoms with Gasteiger partial charge in [0.15, 0.2) is 5.13 Å². The number of hydrogen-bond donors (Lipinski definition) is 1. The highest BCUT2D eigenvalue weighted by atomic mass is 35.5. The SMILES string of the molecule is Nc1nc(-c2c(Cl)cc(C(F)(F)F)cc2Cl)cs1. The molecule has 2 rings (SSSR count). The topological polar surface area (TPSA) is 38.9 Å². The average Bonchev–Trinajstić information content (AvgIpc) is 2.62. The predicted molar refractivity (Wildman–Crippen MR) is 67.0 cm³/mol. The maximum absolute atomic E-state index is 12.5. The van der Waals surface area contributed by atoms with E-state index in [4.69, 9.17) is 28.9 Å². The molecule has 0 radical (unpaired) electrons. The number of hydrogen-bond acceptors (Lipinski definition) is 3. The van der Waals surface area contributed by atoms with Crippen molar-refractivity contribution >= 4 is 39.7 Å². The number of nitrogens with two attached hydrogens (primary N) is 1. The van der Waals surface area contributed by atoms with E-state index in [0.717, 1.165) is 23.5 Å². The summed E-state index contributed by atoms with van der Waals surface area (Å²) in [4.78, 5) is 3.94. The number of rotatable bonds is 1. The van der Waals surface area contributed by atoms with Crippen LogP contribution in [-0.4, -0.2) is 4.98 Å². The lowest BCUT2D eigenvalue weighted by Gasteiger charge is -2.10. The van der Waals surface area contributed by atoms with E-state index in [1.54, 1.807) is 5.38 Å². The third kappa shape index (κ3) is 2.55. The van der Waals surface area contributed by atoms with Crippen LogP contribution in [0.2, 0.25) is 10.0 Å². The van der Waals surface area contributed by atoms with Gasteiger partial charge in [0.05, 0.1) is 21.3 Å². The van der Waals surface area contributed by atoms with Crippen molar-refractivity contribution in [3.05, 3.63) is 33.1 Å². The highest BCUT2D eigenvalue weighted by Crippen LogP contribution is 2.40. The molecule has 1 heterocycles. The second-order valence-corrected chi connectivity index (χ2v) is 5.09. The van der Waals surface area contributed by atoms with Crippen LogP contribution in [0.4, 0.5) is 18.3 Å². The van der Waals surface area contributed by atoms with Crippen molar-refractivity contribution in [2.75, 3.05) is 5.73 Å². The third-order valence-electron chi connectivity index (χ3n) is 2.15. The average molecular weight is 313 g/mol. The standard InChI is InChI=1S/C10H5Cl2F3N2S/c11-5-1-4(10(13,14)15)2-6(12)8(5)7-3-18-9(16)17-7/h1-3H,(H2,16,17). The zero-order valence-corrected chi connectivity index (χ0v) is 10.9. The van der Waals surface area contributed by atoms with Gasteiger partial charge in [-0.1, -0.05) is 23.2 Å². The van der Waals surface area contributed by atoms with E-state index in [9.17, 15) is 13.2 Å². The van der Waals surface area contributed by atoms with Crippen LogP contribution in [0.15, 0.2) is 17.5 Å². The van der Waals surface area contributed by atoms with Gasteiger partial charge in [0.25, 0.3) is 0 Å². The summed E-state index contributed by atoms with van der Waals surface area (Å²) >= 11 is 12.8. The van der Waals surface area contributed by atoms with Crippen molar-refractivity contribution in [2.45, 2.75) is 6.18 Å². The minimum Gasteiger partial charge on any atom is -0.375 e. The van der Waals surface area contributed by atoms with Crippen LogP contribution in [0.25, 0.3) is 11.3 Å². The Kier molecular flexibility index (Phi) is 3.44. The summed E-state index contributed by atoms with van der Waals surface area (Å²) in [6.45, 7) is 0. The molecule has 1 aromatic heterocycles. The number of nitrogen functional groups attached to an aromatic ring is 1. The van der Waals surface area contributed by atoms with Crippen LogP contribution in [0.1, 0.15) is 5.56 Å². The first-order chi connectivity index (χ1) is 8.29. The van der Waals surface area contributed by atoms with E-state index in [1.807, 2.05) is 0 Å². The van der Waals surface area contributed by atoms with Crippen molar-refractivity contribution in [3.63, 3.8) is 0 Å². The molecule has 18 heavy (non-hydrogen) atoms. The summed E-state index contributed by atoms with van der Waals surface area (Å²) in [5.41, 5.74) is 5.17. The van der Waals surface area contributed by atoms with Gasteiger partial charge in [-0.25, -0.2) is 4.98 Å². The number of benzene rings is 1. The number of nitrogens with zero attached hydrogens (tertiary/aromatic N) is 1. The maximum Gasteiger partial charge on any atom is 0.416 e. The lowest BCUT2D eigenvalue weighted by molar-refractivity contribution is -0.137. The summed E-state index contributed by atoms with van der Waals surface area (Å²) < 4.78 is 37.6. The Morgan fingerprint density at radius 1 is 1.17 bits per heavy atom.